The number of carbonyl (C=O) groups is 2. The highest BCUT2D eigenvalue weighted by atomic mass is 32.2. The number of halogens is 1. The lowest BCUT2D eigenvalue weighted by Crippen LogP contribution is -2.53. The molecular formula is C21H28FN3O4S. The number of carbonyl (C=O) groups excluding carboxylic acids is 2. The lowest BCUT2D eigenvalue weighted by Gasteiger charge is -2.38. The van der Waals surface area contributed by atoms with Crippen molar-refractivity contribution in [3.8, 4) is 0 Å². The molecule has 30 heavy (non-hydrogen) atoms. The molecule has 2 heterocycles. The van der Waals surface area contributed by atoms with Crippen LogP contribution in [0.4, 0.5) is 4.39 Å². The van der Waals surface area contributed by atoms with Crippen LogP contribution in [-0.2, 0) is 19.6 Å². The molecule has 9 heteroatoms. The number of sulfonamides is 1. The first kappa shape index (κ1) is 21.2. The van der Waals surface area contributed by atoms with Gasteiger partial charge < -0.3 is 9.80 Å². The quantitative estimate of drug-likeness (QED) is 0.711. The van der Waals surface area contributed by atoms with E-state index < -0.39 is 10.0 Å². The van der Waals surface area contributed by atoms with E-state index >= 15 is 0 Å². The molecule has 0 aromatic heterocycles. The first-order valence-corrected chi connectivity index (χ1v) is 12.4. The summed E-state index contributed by atoms with van der Waals surface area (Å²) in [7, 11) is -3.20. The van der Waals surface area contributed by atoms with Gasteiger partial charge >= 0.3 is 0 Å². The van der Waals surface area contributed by atoms with Crippen molar-refractivity contribution in [3.05, 3.63) is 35.6 Å². The number of hydrogen-bond acceptors (Lipinski definition) is 4. The van der Waals surface area contributed by atoms with E-state index in [1.807, 2.05) is 9.80 Å². The highest BCUT2D eigenvalue weighted by molar-refractivity contribution is 7.88. The highest BCUT2D eigenvalue weighted by Crippen LogP contribution is 2.48. The third-order valence-electron chi connectivity index (χ3n) is 6.58. The molecule has 1 saturated carbocycles. The van der Waals surface area contributed by atoms with Crippen molar-refractivity contribution in [3.63, 3.8) is 0 Å². The van der Waals surface area contributed by atoms with Crippen LogP contribution in [0.3, 0.4) is 0 Å². The van der Waals surface area contributed by atoms with E-state index in [2.05, 4.69) is 0 Å². The number of piperidine rings is 1. The molecule has 2 amide bonds. The van der Waals surface area contributed by atoms with Crippen LogP contribution in [0.1, 0.15) is 30.7 Å². The first-order valence-electron chi connectivity index (χ1n) is 10.5. The van der Waals surface area contributed by atoms with Gasteiger partial charge in [-0.05, 0) is 42.9 Å². The smallest absolute Gasteiger partial charge is 0.226 e. The van der Waals surface area contributed by atoms with Crippen molar-refractivity contribution in [2.24, 2.45) is 11.8 Å². The number of nitrogens with zero attached hydrogens (tertiary/aromatic N) is 3. The molecule has 0 N–H and O–H groups in total. The van der Waals surface area contributed by atoms with Gasteiger partial charge in [0.25, 0.3) is 0 Å². The molecule has 2 saturated heterocycles. The summed E-state index contributed by atoms with van der Waals surface area (Å²) >= 11 is 0. The van der Waals surface area contributed by atoms with Gasteiger partial charge in [-0.25, -0.2) is 17.1 Å². The number of rotatable bonds is 4. The summed E-state index contributed by atoms with van der Waals surface area (Å²) in [6, 6.07) is 6.36. The Morgan fingerprint density at radius 2 is 1.43 bits per heavy atom. The van der Waals surface area contributed by atoms with Crippen molar-refractivity contribution in [1.82, 2.24) is 14.1 Å². The van der Waals surface area contributed by atoms with E-state index in [0.717, 1.165) is 12.0 Å². The van der Waals surface area contributed by atoms with E-state index in [4.69, 9.17) is 0 Å². The zero-order chi connectivity index (χ0) is 21.5. The summed E-state index contributed by atoms with van der Waals surface area (Å²) in [6.07, 6.45) is 3.09. The van der Waals surface area contributed by atoms with Crippen molar-refractivity contribution in [2.45, 2.75) is 25.2 Å². The lowest BCUT2D eigenvalue weighted by atomic mass is 9.96. The standard InChI is InChI=1S/C21H28FN3O4S/c1-30(28,29)25-8-6-16(7-9-25)20(26)23-10-12-24(13-11-23)21(27)19-14-18(19)15-2-4-17(22)5-3-15/h2-5,16,18-19H,6-14H2,1H3/t18-,19+/m1/s1. The van der Waals surface area contributed by atoms with Gasteiger partial charge in [0.1, 0.15) is 5.82 Å². The molecule has 4 rings (SSSR count). The Morgan fingerprint density at radius 1 is 0.900 bits per heavy atom. The summed E-state index contributed by atoms with van der Waals surface area (Å²) < 4.78 is 37.8. The minimum absolute atomic E-state index is 0.0435. The Balaban J connectivity index is 1.25. The zero-order valence-corrected chi connectivity index (χ0v) is 18.0. The molecule has 0 bridgehead atoms. The molecule has 2 atom stereocenters. The summed E-state index contributed by atoms with van der Waals surface area (Å²) in [5.41, 5.74) is 1.00. The highest BCUT2D eigenvalue weighted by Gasteiger charge is 2.46. The largest absolute Gasteiger partial charge is 0.339 e. The lowest BCUT2D eigenvalue weighted by molar-refractivity contribution is -0.143. The second-order valence-corrected chi connectivity index (χ2v) is 10.6. The van der Waals surface area contributed by atoms with E-state index in [9.17, 15) is 22.4 Å². The predicted octanol–water partition coefficient (Wildman–Crippen LogP) is 1.27. The Labute approximate surface area is 176 Å². The number of benzene rings is 1. The number of amides is 2. The monoisotopic (exact) mass is 437 g/mol. The molecule has 3 aliphatic rings. The summed E-state index contributed by atoms with van der Waals surface area (Å²) in [5.74, 6) is -0.0961. The molecular weight excluding hydrogens is 409 g/mol. The Bertz CT molecular complexity index is 905. The minimum atomic E-state index is -3.20. The predicted molar refractivity (Wildman–Crippen MR) is 110 cm³/mol. The first-order chi connectivity index (χ1) is 14.2. The Kier molecular flexibility index (Phi) is 5.85. The van der Waals surface area contributed by atoms with Gasteiger partial charge in [-0.15, -0.1) is 0 Å². The van der Waals surface area contributed by atoms with Crippen LogP contribution in [0.2, 0.25) is 0 Å². The fraction of sp³-hybridized carbons (Fsp3) is 0.619. The minimum Gasteiger partial charge on any atom is -0.339 e. The Morgan fingerprint density at radius 3 is 1.97 bits per heavy atom. The third kappa shape index (κ3) is 4.51. The van der Waals surface area contributed by atoms with Crippen molar-refractivity contribution >= 4 is 21.8 Å². The van der Waals surface area contributed by atoms with Gasteiger partial charge in [0.15, 0.2) is 0 Å². The second-order valence-electron chi connectivity index (χ2n) is 8.59. The third-order valence-corrected chi connectivity index (χ3v) is 7.88. The molecule has 2 aliphatic heterocycles. The average Bonchev–Trinajstić information content (AvgIpc) is 3.54. The molecule has 0 unspecified atom stereocenters. The zero-order valence-electron chi connectivity index (χ0n) is 17.2. The Hall–Kier alpha value is -2.00. The van der Waals surface area contributed by atoms with Crippen LogP contribution >= 0.6 is 0 Å². The van der Waals surface area contributed by atoms with Crippen LogP contribution in [0, 0.1) is 17.7 Å². The number of hydrogen-bond donors (Lipinski definition) is 0. The van der Waals surface area contributed by atoms with Crippen LogP contribution in [0.5, 0.6) is 0 Å². The maximum Gasteiger partial charge on any atom is 0.226 e. The van der Waals surface area contributed by atoms with Crippen LogP contribution in [0.15, 0.2) is 24.3 Å². The van der Waals surface area contributed by atoms with Gasteiger partial charge in [0.2, 0.25) is 21.8 Å². The van der Waals surface area contributed by atoms with Gasteiger partial charge in [-0.1, -0.05) is 12.1 Å². The van der Waals surface area contributed by atoms with Crippen LogP contribution < -0.4 is 0 Å². The summed E-state index contributed by atoms with van der Waals surface area (Å²) in [4.78, 5) is 29.3. The van der Waals surface area contributed by atoms with E-state index in [-0.39, 0.29) is 35.4 Å². The second kappa shape index (κ2) is 8.26. The van der Waals surface area contributed by atoms with Crippen LogP contribution in [-0.4, -0.2) is 79.9 Å². The summed E-state index contributed by atoms with van der Waals surface area (Å²) in [5, 5.41) is 0. The molecule has 0 spiro atoms. The van der Waals surface area contributed by atoms with Gasteiger partial charge in [-0.2, -0.15) is 0 Å². The number of piperazine rings is 1. The van der Waals surface area contributed by atoms with Gasteiger partial charge in [-0.3, -0.25) is 9.59 Å². The molecule has 0 radical (unpaired) electrons. The molecule has 1 aromatic carbocycles. The SMILES string of the molecule is CS(=O)(=O)N1CCC(C(=O)N2CCN(C(=O)[C@H]3C[C@@H]3c3ccc(F)cc3)CC2)CC1. The maximum absolute atomic E-state index is 13.1. The molecule has 164 valence electrons. The van der Waals surface area contributed by atoms with E-state index in [1.54, 1.807) is 12.1 Å². The van der Waals surface area contributed by atoms with Gasteiger partial charge in [0, 0.05) is 51.1 Å². The van der Waals surface area contributed by atoms with E-state index in [0.29, 0.717) is 52.1 Å². The van der Waals surface area contributed by atoms with E-state index in [1.165, 1.54) is 22.7 Å². The average molecular weight is 438 g/mol. The fourth-order valence-corrected chi connectivity index (χ4v) is 5.49. The molecule has 1 aromatic rings. The summed E-state index contributed by atoms with van der Waals surface area (Å²) in [6.45, 7) is 2.87. The molecule has 1 aliphatic carbocycles. The molecule has 3 fully saturated rings. The topological polar surface area (TPSA) is 78.0 Å². The van der Waals surface area contributed by atoms with Crippen molar-refractivity contribution < 1.29 is 22.4 Å². The van der Waals surface area contributed by atoms with Crippen molar-refractivity contribution in [2.75, 3.05) is 45.5 Å². The normalized spacial score (nSPS) is 25.9. The maximum atomic E-state index is 13.1. The van der Waals surface area contributed by atoms with Crippen molar-refractivity contribution in [1.29, 1.82) is 0 Å². The molecule has 7 nitrogen and oxygen atoms in total. The van der Waals surface area contributed by atoms with Gasteiger partial charge in [0.05, 0.1) is 6.26 Å². The fourth-order valence-electron chi connectivity index (χ4n) is 4.62. The van der Waals surface area contributed by atoms with Crippen LogP contribution in [0.25, 0.3) is 0 Å².